The Morgan fingerprint density at radius 2 is 1.69 bits per heavy atom. The van der Waals surface area contributed by atoms with Crippen LogP contribution in [0.3, 0.4) is 0 Å². The average molecular weight is 176 g/mol. The first-order valence-electron chi connectivity index (χ1n) is 5.17. The lowest BCUT2D eigenvalue weighted by Gasteiger charge is -2.01. The smallest absolute Gasteiger partial charge is 0.134 e. The highest BCUT2D eigenvalue weighted by Crippen LogP contribution is 2.33. The Morgan fingerprint density at radius 1 is 1.00 bits per heavy atom. The zero-order chi connectivity index (χ0) is 9.42. The van der Waals surface area contributed by atoms with Gasteiger partial charge in [0.25, 0.3) is 0 Å². The first kappa shape index (κ1) is 8.61. The Kier molecular flexibility index (Phi) is 2.03. The van der Waals surface area contributed by atoms with Crippen molar-refractivity contribution >= 4 is 11.2 Å². The molecule has 0 spiro atoms. The van der Waals surface area contributed by atoms with Crippen molar-refractivity contribution < 1.29 is 4.42 Å². The molecule has 0 N–H and O–H groups in total. The molecule has 0 radical (unpaired) electrons. The molecule has 0 aliphatic heterocycles. The van der Waals surface area contributed by atoms with E-state index in [4.69, 9.17) is 4.42 Å². The number of hydrogen-bond donors (Lipinski definition) is 0. The largest absolute Gasteiger partial charge is 0.456 e. The topological polar surface area (TPSA) is 13.1 Å². The van der Waals surface area contributed by atoms with Crippen LogP contribution in [-0.4, -0.2) is 0 Å². The zero-order valence-corrected chi connectivity index (χ0v) is 8.61. The van der Waals surface area contributed by atoms with Crippen LogP contribution in [0.4, 0.5) is 0 Å². The molecule has 0 saturated carbocycles. The minimum absolute atomic E-state index is 1.08. The van der Waals surface area contributed by atoms with Gasteiger partial charge < -0.3 is 4.42 Å². The maximum absolute atomic E-state index is 5.75. The standard InChI is InChI=1S/C12H16O/c1-4-8-7-11-9(5-2)10(6-3)12(8)13-11/h7H,4-6H2,1-3H3. The van der Waals surface area contributed by atoms with E-state index in [2.05, 4.69) is 26.8 Å². The number of furan rings is 2. The molecule has 70 valence electrons. The molecule has 0 saturated heterocycles. The Labute approximate surface area is 79.1 Å². The lowest BCUT2D eigenvalue weighted by Crippen LogP contribution is -1.90. The van der Waals surface area contributed by atoms with Gasteiger partial charge in [-0.05, 0) is 30.9 Å². The van der Waals surface area contributed by atoms with Crippen LogP contribution in [0.25, 0.3) is 11.2 Å². The van der Waals surface area contributed by atoms with E-state index in [1.54, 1.807) is 0 Å². The quantitative estimate of drug-likeness (QED) is 0.697. The van der Waals surface area contributed by atoms with Crippen LogP contribution >= 0.6 is 0 Å². The predicted molar refractivity (Wildman–Crippen MR) is 55.5 cm³/mol. The molecular formula is C12H16O. The normalized spacial score (nSPS) is 11.6. The number of aryl methyl sites for hydroxylation is 3. The van der Waals surface area contributed by atoms with Gasteiger partial charge in [-0.1, -0.05) is 20.8 Å². The van der Waals surface area contributed by atoms with Gasteiger partial charge in [-0.25, -0.2) is 0 Å². The Hall–Kier alpha value is -0.980. The second-order valence-corrected chi connectivity index (χ2v) is 3.48. The van der Waals surface area contributed by atoms with Crippen molar-refractivity contribution in [3.05, 3.63) is 22.8 Å². The van der Waals surface area contributed by atoms with Crippen molar-refractivity contribution in [2.45, 2.75) is 40.0 Å². The third-order valence-electron chi connectivity index (χ3n) is 2.83. The second kappa shape index (κ2) is 3.06. The predicted octanol–water partition coefficient (Wildman–Crippen LogP) is 3.56. The molecule has 13 heavy (non-hydrogen) atoms. The van der Waals surface area contributed by atoms with Gasteiger partial charge in [0.05, 0.1) is 0 Å². The van der Waals surface area contributed by atoms with Gasteiger partial charge in [0.2, 0.25) is 0 Å². The van der Waals surface area contributed by atoms with Crippen LogP contribution in [0, 0.1) is 0 Å². The van der Waals surface area contributed by atoms with E-state index in [1.807, 2.05) is 0 Å². The third kappa shape index (κ3) is 1.06. The molecule has 0 aliphatic rings. The van der Waals surface area contributed by atoms with Crippen molar-refractivity contribution in [3.63, 3.8) is 0 Å². The summed E-state index contributed by atoms with van der Waals surface area (Å²) in [6.07, 6.45) is 3.27. The SMILES string of the molecule is CCc1c(CC)c2oc1cc2CC. The average Bonchev–Trinajstić information content (AvgIpc) is 2.72. The highest BCUT2D eigenvalue weighted by atomic mass is 16.3. The van der Waals surface area contributed by atoms with Crippen LogP contribution < -0.4 is 0 Å². The first-order valence-corrected chi connectivity index (χ1v) is 5.17. The van der Waals surface area contributed by atoms with Gasteiger partial charge in [0.1, 0.15) is 11.2 Å². The molecule has 1 heteroatoms. The monoisotopic (exact) mass is 176 g/mol. The van der Waals surface area contributed by atoms with Crippen LogP contribution in [0.5, 0.6) is 0 Å². The second-order valence-electron chi connectivity index (χ2n) is 3.48. The number of benzene rings is 1. The van der Waals surface area contributed by atoms with Gasteiger partial charge in [0.15, 0.2) is 0 Å². The van der Waals surface area contributed by atoms with Crippen LogP contribution in [0.15, 0.2) is 10.5 Å². The van der Waals surface area contributed by atoms with Gasteiger partial charge >= 0.3 is 0 Å². The molecular weight excluding hydrogens is 160 g/mol. The fraction of sp³-hybridized carbons (Fsp3) is 0.500. The van der Waals surface area contributed by atoms with Gasteiger partial charge in [-0.3, -0.25) is 0 Å². The Bertz CT molecular complexity index is 397. The molecule has 0 atom stereocenters. The molecule has 2 bridgehead atoms. The van der Waals surface area contributed by atoms with E-state index in [9.17, 15) is 0 Å². The van der Waals surface area contributed by atoms with Gasteiger partial charge in [-0.15, -0.1) is 0 Å². The van der Waals surface area contributed by atoms with Gasteiger partial charge in [0, 0.05) is 11.1 Å². The van der Waals surface area contributed by atoms with E-state index in [-0.39, 0.29) is 0 Å². The summed E-state index contributed by atoms with van der Waals surface area (Å²) >= 11 is 0. The Balaban J connectivity index is 2.64. The van der Waals surface area contributed by atoms with Crippen molar-refractivity contribution in [1.29, 1.82) is 0 Å². The maximum Gasteiger partial charge on any atom is 0.134 e. The summed E-state index contributed by atoms with van der Waals surface area (Å²) in [5, 5.41) is 0. The van der Waals surface area contributed by atoms with E-state index in [0.717, 1.165) is 30.4 Å². The van der Waals surface area contributed by atoms with Crippen LogP contribution in [0.1, 0.15) is 37.5 Å². The Morgan fingerprint density at radius 3 is 2.23 bits per heavy atom. The fourth-order valence-electron chi connectivity index (χ4n) is 2.14. The summed E-state index contributed by atoms with van der Waals surface area (Å²) in [5.74, 6) is 0. The summed E-state index contributed by atoms with van der Waals surface area (Å²) in [6, 6.07) is 2.20. The maximum atomic E-state index is 5.75. The first-order chi connectivity index (χ1) is 6.31. The molecule has 0 aromatic carbocycles. The summed E-state index contributed by atoms with van der Waals surface area (Å²) in [6.45, 7) is 6.58. The molecule has 2 aromatic heterocycles. The minimum Gasteiger partial charge on any atom is -0.456 e. The molecule has 0 fully saturated rings. The summed E-state index contributed by atoms with van der Waals surface area (Å²) in [4.78, 5) is 0. The highest BCUT2D eigenvalue weighted by molar-refractivity contribution is 5.76. The van der Waals surface area contributed by atoms with E-state index >= 15 is 0 Å². The molecule has 0 amide bonds. The molecule has 1 nitrogen and oxygen atoms in total. The zero-order valence-electron chi connectivity index (χ0n) is 8.61. The van der Waals surface area contributed by atoms with E-state index in [1.165, 1.54) is 16.7 Å². The van der Waals surface area contributed by atoms with E-state index in [0.29, 0.717) is 0 Å². The highest BCUT2D eigenvalue weighted by Gasteiger charge is 2.17. The fourth-order valence-corrected chi connectivity index (χ4v) is 2.14. The minimum atomic E-state index is 1.08. The number of rotatable bonds is 3. The molecule has 2 rings (SSSR count). The molecule has 0 unspecified atom stereocenters. The van der Waals surface area contributed by atoms with Crippen LogP contribution in [0.2, 0.25) is 0 Å². The van der Waals surface area contributed by atoms with Crippen molar-refractivity contribution in [3.8, 4) is 0 Å². The molecule has 2 aromatic rings. The van der Waals surface area contributed by atoms with Crippen molar-refractivity contribution in [2.24, 2.45) is 0 Å². The number of fused-ring (bicyclic) bond motifs is 2. The molecule has 0 aliphatic carbocycles. The lowest BCUT2D eigenvalue weighted by molar-refractivity contribution is 0.668. The van der Waals surface area contributed by atoms with E-state index < -0.39 is 0 Å². The number of hydrogen-bond acceptors (Lipinski definition) is 1. The lowest BCUT2D eigenvalue weighted by atomic mass is 9.99. The van der Waals surface area contributed by atoms with Gasteiger partial charge in [-0.2, -0.15) is 0 Å². The van der Waals surface area contributed by atoms with Crippen molar-refractivity contribution in [2.75, 3.05) is 0 Å². The summed E-state index contributed by atoms with van der Waals surface area (Å²) in [5.41, 5.74) is 6.53. The van der Waals surface area contributed by atoms with Crippen molar-refractivity contribution in [1.82, 2.24) is 0 Å². The molecule has 2 heterocycles. The summed E-state index contributed by atoms with van der Waals surface area (Å²) in [7, 11) is 0. The third-order valence-corrected chi connectivity index (χ3v) is 2.83. The van der Waals surface area contributed by atoms with Crippen LogP contribution in [-0.2, 0) is 19.3 Å². The summed E-state index contributed by atoms with van der Waals surface area (Å²) < 4.78 is 5.75.